The predicted octanol–water partition coefficient (Wildman–Crippen LogP) is 2.61. The van der Waals surface area contributed by atoms with Crippen molar-refractivity contribution in [2.24, 2.45) is 11.3 Å². The fourth-order valence-corrected chi connectivity index (χ4v) is 1.60. The van der Waals surface area contributed by atoms with Crippen LogP contribution in [0.25, 0.3) is 0 Å². The molecule has 1 aliphatic carbocycles. The Morgan fingerprint density at radius 1 is 1.45 bits per heavy atom. The summed E-state index contributed by atoms with van der Waals surface area (Å²) in [6.07, 6.45) is 4.70. The van der Waals surface area contributed by atoms with Gasteiger partial charge >= 0.3 is 0 Å². The molecule has 0 heterocycles. The van der Waals surface area contributed by atoms with E-state index < -0.39 is 0 Å². The molecule has 1 unspecified atom stereocenters. The number of carbonyl (C=O) groups is 1. The number of Topliss-reactive ketones (excluding diaryl/α,β-unsaturated/α-hetero) is 1. The second kappa shape index (κ2) is 2.96. The Morgan fingerprint density at radius 2 is 2.09 bits per heavy atom. The van der Waals surface area contributed by atoms with Gasteiger partial charge < -0.3 is 0 Å². The first-order valence-corrected chi connectivity index (χ1v) is 4.36. The van der Waals surface area contributed by atoms with Crippen LogP contribution in [-0.4, -0.2) is 5.78 Å². The van der Waals surface area contributed by atoms with Gasteiger partial charge in [-0.3, -0.25) is 4.79 Å². The third kappa shape index (κ3) is 2.32. The van der Waals surface area contributed by atoms with Gasteiger partial charge in [-0.1, -0.05) is 20.8 Å². The highest BCUT2D eigenvalue weighted by molar-refractivity contribution is 5.87. The fourth-order valence-electron chi connectivity index (χ4n) is 1.60. The van der Waals surface area contributed by atoms with E-state index in [1.165, 1.54) is 0 Å². The lowest BCUT2D eigenvalue weighted by Gasteiger charge is -2.32. The molecule has 1 nitrogen and oxygen atoms in total. The molecule has 0 spiro atoms. The first-order valence-electron chi connectivity index (χ1n) is 4.36. The summed E-state index contributed by atoms with van der Waals surface area (Å²) >= 11 is 0. The lowest BCUT2D eigenvalue weighted by molar-refractivity contribution is -0.117. The van der Waals surface area contributed by atoms with Gasteiger partial charge in [0.2, 0.25) is 0 Å². The SMILES string of the molecule is CC(C)(C)C1C[CH]C(=O)CC1. The molecule has 0 aromatic rings. The molecule has 0 bridgehead atoms. The van der Waals surface area contributed by atoms with Gasteiger partial charge in [0.1, 0.15) is 5.78 Å². The highest BCUT2D eigenvalue weighted by Crippen LogP contribution is 2.35. The van der Waals surface area contributed by atoms with Crippen LogP contribution in [0.5, 0.6) is 0 Å². The van der Waals surface area contributed by atoms with Crippen LogP contribution in [-0.2, 0) is 4.79 Å². The summed E-state index contributed by atoms with van der Waals surface area (Å²) in [7, 11) is 0. The predicted molar refractivity (Wildman–Crippen MR) is 46.1 cm³/mol. The number of rotatable bonds is 0. The molecule has 0 aliphatic heterocycles. The van der Waals surface area contributed by atoms with E-state index in [2.05, 4.69) is 20.8 Å². The van der Waals surface area contributed by atoms with Gasteiger partial charge in [-0.2, -0.15) is 0 Å². The fraction of sp³-hybridized carbons (Fsp3) is 0.800. The van der Waals surface area contributed by atoms with Crippen LogP contribution in [0.3, 0.4) is 0 Å². The van der Waals surface area contributed by atoms with E-state index in [1.54, 1.807) is 0 Å². The molecule has 1 atom stereocenters. The Hall–Kier alpha value is -0.330. The van der Waals surface area contributed by atoms with Crippen molar-refractivity contribution in [3.05, 3.63) is 6.42 Å². The van der Waals surface area contributed by atoms with Crippen LogP contribution < -0.4 is 0 Å². The average Bonchev–Trinajstić information content (AvgIpc) is 1.86. The average molecular weight is 153 g/mol. The highest BCUT2D eigenvalue weighted by Gasteiger charge is 2.28. The molecule has 1 fully saturated rings. The standard InChI is InChI=1S/C10H17O/c1-10(2,3)8-4-6-9(11)7-5-8/h6,8H,4-5,7H2,1-3H3. The Balaban J connectivity index is 2.45. The van der Waals surface area contributed by atoms with E-state index in [0.29, 0.717) is 17.1 Å². The zero-order valence-electron chi connectivity index (χ0n) is 7.68. The van der Waals surface area contributed by atoms with Crippen molar-refractivity contribution < 1.29 is 4.79 Å². The first-order chi connectivity index (χ1) is 5.00. The second-order valence-corrected chi connectivity index (χ2v) is 4.51. The normalized spacial score (nSPS) is 22.3. The summed E-state index contributed by atoms with van der Waals surface area (Å²) in [4.78, 5) is 10.9. The maximum atomic E-state index is 10.9. The molecule has 1 saturated carbocycles. The van der Waals surface area contributed by atoms with Gasteiger partial charge in [-0.25, -0.2) is 0 Å². The molecule has 0 N–H and O–H groups in total. The summed E-state index contributed by atoms with van der Waals surface area (Å²) in [5.41, 5.74) is 0.372. The van der Waals surface area contributed by atoms with Gasteiger partial charge in [-0.15, -0.1) is 0 Å². The molecule has 11 heavy (non-hydrogen) atoms. The Labute approximate surface area is 69.2 Å². The van der Waals surface area contributed by atoms with E-state index in [9.17, 15) is 4.79 Å². The van der Waals surface area contributed by atoms with E-state index >= 15 is 0 Å². The van der Waals surface area contributed by atoms with Gasteiger partial charge in [0.25, 0.3) is 0 Å². The lowest BCUT2D eigenvalue weighted by atomic mass is 9.72. The summed E-state index contributed by atoms with van der Waals surface area (Å²) < 4.78 is 0. The second-order valence-electron chi connectivity index (χ2n) is 4.51. The van der Waals surface area contributed by atoms with Crippen molar-refractivity contribution in [1.29, 1.82) is 0 Å². The molecule has 1 rings (SSSR count). The number of hydrogen-bond donors (Lipinski definition) is 0. The molecular weight excluding hydrogens is 136 g/mol. The van der Waals surface area contributed by atoms with Gasteiger partial charge in [0.15, 0.2) is 0 Å². The molecule has 1 heteroatoms. The Bertz CT molecular complexity index is 143. The van der Waals surface area contributed by atoms with Crippen LogP contribution in [0.4, 0.5) is 0 Å². The zero-order valence-corrected chi connectivity index (χ0v) is 7.68. The van der Waals surface area contributed by atoms with Crippen molar-refractivity contribution in [3.63, 3.8) is 0 Å². The monoisotopic (exact) mass is 153 g/mol. The molecule has 0 aromatic heterocycles. The number of carbonyl (C=O) groups excluding carboxylic acids is 1. The summed E-state index contributed by atoms with van der Waals surface area (Å²) in [5, 5.41) is 0. The van der Waals surface area contributed by atoms with Crippen molar-refractivity contribution >= 4 is 5.78 Å². The minimum absolute atomic E-state index is 0.338. The summed E-state index contributed by atoms with van der Waals surface area (Å²) in [5.74, 6) is 1.05. The number of ketones is 1. The Morgan fingerprint density at radius 3 is 2.45 bits per heavy atom. The van der Waals surface area contributed by atoms with Crippen LogP contribution in [0, 0.1) is 17.8 Å². The summed E-state index contributed by atoms with van der Waals surface area (Å²) in [6, 6.07) is 0. The van der Waals surface area contributed by atoms with E-state index in [4.69, 9.17) is 0 Å². The molecule has 1 aliphatic rings. The van der Waals surface area contributed by atoms with Crippen LogP contribution in [0.15, 0.2) is 0 Å². The van der Waals surface area contributed by atoms with E-state index in [-0.39, 0.29) is 0 Å². The first kappa shape index (κ1) is 8.76. The van der Waals surface area contributed by atoms with E-state index in [1.807, 2.05) is 6.42 Å². The van der Waals surface area contributed by atoms with Crippen LogP contribution >= 0.6 is 0 Å². The van der Waals surface area contributed by atoms with Crippen molar-refractivity contribution in [3.8, 4) is 0 Å². The Kier molecular flexibility index (Phi) is 2.36. The minimum atomic E-state index is 0.338. The molecule has 63 valence electrons. The quantitative estimate of drug-likeness (QED) is 0.523. The molecule has 0 aromatic carbocycles. The van der Waals surface area contributed by atoms with Crippen molar-refractivity contribution in [2.75, 3.05) is 0 Å². The third-order valence-corrected chi connectivity index (χ3v) is 2.59. The topological polar surface area (TPSA) is 17.1 Å². The number of hydrogen-bond acceptors (Lipinski definition) is 1. The highest BCUT2D eigenvalue weighted by atomic mass is 16.1. The molecule has 0 amide bonds. The van der Waals surface area contributed by atoms with Crippen molar-refractivity contribution in [1.82, 2.24) is 0 Å². The largest absolute Gasteiger partial charge is 0.299 e. The maximum Gasteiger partial charge on any atom is 0.136 e. The van der Waals surface area contributed by atoms with Gasteiger partial charge in [0, 0.05) is 12.8 Å². The van der Waals surface area contributed by atoms with E-state index in [0.717, 1.165) is 19.3 Å². The molecule has 0 saturated heterocycles. The van der Waals surface area contributed by atoms with Gasteiger partial charge in [0.05, 0.1) is 0 Å². The molecule has 1 radical (unpaired) electrons. The van der Waals surface area contributed by atoms with Gasteiger partial charge in [-0.05, 0) is 24.2 Å². The molecular formula is C10H17O. The maximum absolute atomic E-state index is 10.9. The zero-order chi connectivity index (χ0) is 8.48. The minimum Gasteiger partial charge on any atom is -0.299 e. The lowest BCUT2D eigenvalue weighted by Crippen LogP contribution is -2.26. The van der Waals surface area contributed by atoms with Crippen LogP contribution in [0.1, 0.15) is 40.0 Å². The van der Waals surface area contributed by atoms with Crippen molar-refractivity contribution in [2.45, 2.75) is 40.0 Å². The summed E-state index contributed by atoms with van der Waals surface area (Å²) in [6.45, 7) is 6.75. The van der Waals surface area contributed by atoms with Crippen LogP contribution in [0.2, 0.25) is 0 Å². The third-order valence-electron chi connectivity index (χ3n) is 2.59. The smallest absolute Gasteiger partial charge is 0.136 e.